The maximum absolute atomic E-state index is 11.6. The van der Waals surface area contributed by atoms with Crippen molar-refractivity contribution in [3.63, 3.8) is 0 Å². The van der Waals surface area contributed by atoms with Gasteiger partial charge in [-0.05, 0) is 36.5 Å². The normalized spacial score (nSPS) is 18.9. The van der Waals surface area contributed by atoms with Crippen LogP contribution in [0.2, 0.25) is 0 Å². The fraction of sp³-hybridized carbons (Fsp3) is 0.667. The Balaban J connectivity index is 2.25. The number of rotatable bonds is 3. The third-order valence-corrected chi connectivity index (χ3v) is 4.16. The molecule has 88 valence electrons. The Morgan fingerprint density at radius 1 is 1.50 bits per heavy atom. The standard InChI is InChI=1S/C12H18N2OS/c1-10-6-13-11(15)14(7-10)8-12(9-16)4-2-3-5-12/h6-7,16H,2-5,8-9H2,1H3. The highest BCUT2D eigenvalue weighted by atomic mass is 32.1. The molecule has 0 bridgehead atoms. The van der Waals surface area contributed by atoms with Crippen molar-refractivity contribution in [2.24, 2.45) is 5.41 Å². The van der Waals surface area contributed by atoms with E-state index in [0.29, 0.717) is 0 Å². The number of aryl methyl sites for hydroxylation is 1. The van der Waals surface area contributed by atoms with Gasteiger partial charge in [-0.15, -0.1) is 0 Å². The quantitative estimate of drug-likeness (QED) is 0.818. The Kier molecular flexibility index (Phi) is 3.38. The molecule has 0 atom stereocenters. The summed E-state index contributed by atoms with van der Waals surface area (Å²) in [6.45, 7) is 2.73. The first-order chi connectivity index (χ1) is 7.65. The molecule has 1 aliphatic rings. The van der Waals surface area contributed by atoms with Crippen molar-refractivity contribution < 1.29 is 0 Å². The minimum absolute atomic E-state index is 0.140. The van der Waals surface area contributed by atoms with Crippen molar-refractivity contribution >= 4 is 12.6 Å². The van der Waals surface area contributed by atoms with E-state index < -0.39 is 0 Å². The third-order valence-electron chi connectivity index (χ3n) is 3.49. The highest BCUT2D eigenvalue weighted by Crippen LogP contribution is 2.40. The molecule has 16 heavy (non-hydrogen) atoms. The Morgan fingerprint density at radius 2 is 2.19 bits per heavy atom. The fourth-order valence-electron chi connectivity index (χ4n) is 2.53. The van der Waals surface area contributed by atoms with Gasteiger partial charge in [0.15, 0.2) is 0 Å². The van der Waals surface area contributed by atoms with Crippen molar-refractivity contribution in [3.05, 3.63) is 28.4 Å². The van der Waals surface area contributed by atoms with E-state index in [0.717, 1.165) is 17.9 Å². The predicted octanol–water partition coefficient (Wildman–Crippen LogP) is 2.04. The van der Waals surface area contributed by atoms with Gasteiger partial charge < -0.3 is 0 Å². The fourth-order valence-corrected chi connectivity index (χ4v) is 2.95. The average molecular weight is 238 g/mol. The molecule has 0 aromatic carbocycles. The molecule has 1 aromatic heterocycles. The molecule has 0 aliphatic heterocycles. The number of hydrogen-bond acceptors (Lipinski definition) is 3. The molecule has 1 fully saturated rings. The lowest BCUT2D eigenvalue weighted by Crippen LogP contribution is -2.32. The summed E-state index contributed by atoms with van der Waals surface area (Å²) in [4.78, 5) is 15.5. The molecule has 1 aromatic rings. The van der Waals surface area contributed by atoms with Gasteiger partial charge in [-0.1, -0.05) is 12.8 Å². The summed E-state index contributed by atoms with van der Waals surface area (Å²) < 4.78 is 1.75. The van der Waals surface area contributed by atoms with Gasteiger partial charge in [0.2, 0.25) is 0 Å². The highest BCUT2D eigenvalue weighted by molar-refractivity contribution is 7.80. The lowest BCUT2D eigenvalue weighted by molar-refractivity contribution is 0.284. The molecule has 0 amide bonds. The summed E-state index contributed by atoms with van der Waals surface area (Å²) in [6, 6.07) is 0. The summed E-state index contributed by atoms with van der Waals surface area (Å²) >= 11 is 4.46. The topological polar surface area (TPSA) is 34.9 Å². The molecule has 2 rings (SSSR count). The number of thiol groups is 1. The van der Waals surface area contributed by atoms with E-state index in [-0.39, 0.29) is 11.1 Å². The molecular weight excluding hydrogens is 220 g/mol. The molecule has 4 heteroatoms. The Bertz CT molecular complexity index is 421. The van der Waals surface area contributed by atoms with E-state index in [4.69, 9.17) is 0 Å². The first-order valence-corrected chi connectivity index (χ1v) is 6.42. The molecule has 3 nitrogen and oxygen atoms in total. The van der Waals surface area contributed by atoms with Crippen LogP contribution in [0.25, 0.3) is 0 Å². The van der Waals surface area contributed by atoms with Crippen LogP contribution in [0.5, 0.6) is 0 Å². The summed E-state index contributed by atoms with van der Waals surface area (Å²) in [7, 11) is 0. The number of nitrogens with zero attached hydrogens (tertiary/aromatic N) is 2. The van der Waals surface area contributed by atoms with E-state index in [9.17, 15) is 4.79 Å². The highest BCUT2D eigenvalue weighted by Gasteiger charge is 2.33. The SMILES string of the molecule is Cc1cnc(=O)n(CC2(CS)CCCC2)c1. The van der Waals surface area contributed by atoms with Crippen LogP contribution >= 0.6 is 12.6 Å². The second kappa shape index (κ2) is 4.62. The van der Waals surface area contributed by atoms with E-state index >= 15 is 0 Å². The van der Waals surface area contributed by atoms with Crippen LogP contribution in [0.15, 0.2) is 17.2 Å². The smallest absolute Gasteiger partial charge is 0.298 e. The van der Waals surface area contributed by atoms with Gasteiger partial charge in [-0.3, -0.25) is 4.57 Å². The van der Waals surface area contributed by atoms with Gasteiger partial charge in [0.25, 0.3) is 0 Å². The van der Waals surface area contributed by atoms with Gasteiger partial charge in [-0.25, -0.2) is 9.78 Å². The first kappa shape index (κ1) is 11.7. The van der Waals surface area contributed by atoms with E-state index in [2.05, 4.69) is 17.6 Å². The lowest BCUT2D eigenvalue weighted by Gasteiger charge is -2.27. The zero-order chi connectivity index (χ0) is 11.6. The second-order valence-electron chi connectivity index (χ2n) is 4.91. The Labute approximate surface area is 101 Å². The van der Waals surface area contributed by atoms with Gasteiger partial charge in [-0.2, -0.15) is 12.6 Å². The maximum atomic E-state index is 11.6. The summed E-state index contributed by atoms with van der Waals surface area (Å²) in [6.07, 6.45) is 8.40. The second-order valence-corrected chi connectivity index (χ2v) is 5.22. The van der Waals surface area contributed by atoms with Crippen molar-refractivity contribution in [3.8, 4) is 0 Å². The molecule has 0 saturated heterocycles. The van der Waals surface area contributed by atoms with Crippen molar-refractivity contribution in [2.75, 3.05) is 5.75 Å². The molecule has 0 N–H and O–H groups in total. The van der Waals surface area contributed by atoms with Crippen molar-refractivity contribution in [1.29, 1.82) is 0 Å². The molecule has 0 radical (unpaired) electrons. The molecular formula is C12H18N2OS. The van der Waals surface area contributed by atoms with E-state index in [1.54, 1.807) is 10.8 Å². The summed E-state index contributed by atoms with van der Waals surface area (Å²) in [5.41, 5.74) is 1.10. The molecule has 1 heterocycles. The predicted molar refractivity (Wildman–Crippen MR) is 68.0 cm³/mol. The zero-order valence-electron chi connectivity index (χ0n) is 9.65. The first-order valence-electron chi connectivity index (χ1n) is 5.79. The Morgan fingerprint density at radius 3 is 2.81 bits per heavy atom. The Hall–Kier alpha value is -0.770. The van der Waals surface area contributed by atoms with Crippen LogP contribution in [-0.2, 0) is 6.54 Å². The largest absolute Gasteiger partial charge is 0.347 e. The molecule has 1 saturated carbocycles. The van der Waals surface area contributed by atoms with E-state index in [1.165, 1.54) is 25.7 Å². The van der Waals surface area contributed by atoms with Crippen molar-refractivity contribution in [2.45, 2.75) is 39.2 Å². The van der Waals surface area contributed by atoms with Crippen LogP contribution in [0.4, 0.5) is 0 Å². The van der Waals surface area contributed by atoms with Gasteiger partial charge in [0, 0.05) is 18.9 Å². The van der Waals surface area contributed by atoms with Gasteiger partial charge in [0.05, 0.1) is 0 Å². The summed E-state index contributed by atoms with van der Waals surface area (Å²) in [5.74, 6) is 0.855. The van der Waals surface area contributed by atoms with Crippen LogP contribution in [0.1, 0.15) is 31.2 Å². The van der Waals surface area contributed by atoms with Crippen LogP contribution in [-0.4, -0.2) is 15.3 Å². The van der Waals surface area contributed by atoms with Crippen LogP contribution < -0.4 is 5.69 Å². The maximum Gasteiger partial charge on any atom is 0.347 e. The molecule has 0 spiro atoms. The minimum atomic E-state index is -0.140. The van der Waals surface area contributed by atoms with Crippen LogP contribution in [0, 0.1) is 12.3 Å². The van der Waals surface area contributed by atoms with Crippen molar-refractivity contribution in [1.82, 2.24) is 9.55 Å². The van der Waals surface area contributed by atoms with E-state index in [1.807, 2.05) is 13.1 Å². The third kappa shape index (κ3) is 2.32. The molecule has 0 unspecified atom stereocenters. The minimum Gasteiger partial charge on any atom is -0.298 e. The van der Waals surface area contributed by atoms with Crippen LogP contribution in [0.3, 0.4) is 0 Å². The van der Waals surface area contributed by atoms with Gasteiger partial charge >= 0.3 is 5.69 Å². The molecule has 1 aliphatic carbocycles. The number of aromatic nitrogens is 2. The lowest BCUT2D eigenvalue weighted by atomic mass is 9.88. The van der Waals surface area contributed by atoms with Gasteiger partial charge in [0.1, 0.15) is 0 Å². The zero-order valence-corrected chi connectivity index (χ0v) is 10.5. The number of hydrogen-bond donors (Lipinski definition) is 1. The average Bonchev–Trinajstić information content (AvgIpc) is 2.73. The monoisotopic (exact) mass is 238 g/mol. The summed E-state index contributed by atoms with van der Waals surface area (Å²) in [5, 5.41) is 0.